The zero-order valence-electron chi connectivity index (χ0n) is 17.1. The third-order valence-corrected chi connectivity index (χ3v) is 5.88. The fraction of sp³-hybridized carbons (Fsp3) is 0.227. The predicted octanol–water partition coefficient (Wildman–Crippen LogP) is 4.46. The van der Waals surface area contributed by atoms with Gasteiger partial charge < -0.3 is 9.64 Å². The van der Waals surface area contributed by atoms with Crippen molar-refractivity contribution in [2.45, 2.75) is 19.3 Å². The number of nitrogens with zero attached hydrogens (tertiary/aromatic N) is 4. The molecular weight excluding hydrogens is 430 g/mol. The van der Waals surface area contributed by atoms with Gasteiger partial charge in [-0.15, -0.1) is 16.4 Å². The van der Waals surface area contributed by atoms with Crippen molar-refractivity contribution in [2.75, 3.05) is 23.4 Å². The van der Waals surface area contributed by atoms with Crippen LogP contribution in [0.2, 0.25) is 0 Å². The fourth-order valence-electron chi connectivity index (χ4n) is 3.55. The maximum Gasteiger partial charge on any atom is 0.299 e. The number of anilines is 2. The van der Waals surface area contributed by atoms with Crippen LogP contribution in [0.5, 0.6) is 0 Å². The Morgan fingerprint density at radius 1 is 1.22 bits per heavy atom. The number of para-hydroxylation sites is 1. The van der Waals surface area contributed by atoms with Crippen LogP contribution in [0.25, 0.3) is 11.3 Å². The molecule has 2 aromatic carbocycles. The Balaban J connectivity index is 1.45. The predicted molar refractivity (Wildman–Crippen MR) is 124 cm³/mol. The van der Waals surface area contributed by atoms with Crippen LogP contribution in [0.1, 0.15) is 18.4 Å². The summed E-state index contributed by atoms with van der Waals surface area (Å²) < 4.78 is 4.91. The lowest BCUT2D eigenvalue weighted by Gasteiger charge is -2.17. The number of carbonyl (C=O) groups excluding carboxylic acids is 1. The summed E-state index contributed by atoms with van der Waals surface area (Å²) in [5.74, 6) is 0.000941. The average Bonchev–Trinajstić information content (AvgIpc) is 3.50. The Bertz CT molecular complexity index is 1120. The molecule has 0 amide bonds. The molecule has 10 heteroatoms. The molecule has 4 rings (SSSR count). The second-order valence-corrected chi connectivity index (χ2v) is 8.03. The minimum atomic E-state index is -0.483. The van der Waals surface area contributed by atoms with Gasteiger partial charge in [-0.2, -0.15) is 0 Å². The van der Waals surface area contributed by atoms with Gasteiger partial charge >= 0.3 is 0 Å². The second-order valence-electron chi connectivity index (χ2n) is 7.17. The number of hydrogen-bond acceptors (Lipinski definition) is 9. The van der Waals surface area contributed by atoms with E-state index in [9.17, 15) is 14.9 Å². The van der Waals surface area contributed by atoms with E-state index in [1.54, 1.807) is 18.2 Å². The number of nitro groups is 1. The van der Waals surface area contributed by atoms with Crippen molar-refractivity contribution < 1.29 is 14.5 Å². The minimum Gasteiger partial charge on any atom is -0.412 e. The van der Waals surface area contributed by atoms with Crippen LogP contribution in [0, 0.1) is 10.1 Å². The number of nitrogens with one attached hydrogen (secondary N) is 1. The smallest absolute Gasteiger partial charge is 0.299 e. The topological polar surface area (TPSA) is 110 Å². The van der Waals surface area contributed by atoms with Crippen molar-refractivity contribution in [3.05, 3.63) is 69.6 Å². The van der Waals surface area contributed by atoms with Gasteiger partial charge in [-0.05, 0) is 25.0 Å². The van der Waals surface area contributed by atoms with E-state index in [4.69, 9.17) is 4.74 Å². The molecule has 1 saturated heterocycles. The lowest BCUT2D eigenvalue weighted by Crippen LogP contribution is -2.17. The summed E-state index contributed by atoms with van der Waals surface area (Å²) in [5, 5.41) is 17.7. The molecule has 3 aromatic rings. The summed E-state index contributed by atoms with van der Waals surface area (Å²) >= 11 is 1.36. The maximum absolute atomic E-state index is 11.2. The SMILES string of the molecule is O=CO/C(Cc1ccccc1[N+](=O)[O-])=N/Nc1nc(-c2ccc(N3CCCC3)cc2)cs1. The Kier molecular flexibility index (Phi) is 6.71. The van der Waals surface area contributed by atoms with E-state index in [0.29, 0.717) is 10.7 Å². The van der Waals surface area contributed by atoms with E-state index in [1.807, 2.05) is 17.5 Å². The molecule has 1 fully saturated rings. The molecule has 0 radical (unpaired) electrons. The largest absolute Gasteiger partial charge is 0.412 e. The summed E-state index contributed by atoms with van der Waals surface area (Å²) in [6.45, 7) is 2.43. The van der Waals surface area contributed by atoms with Crippen molar-refractivity contribution in [3.63, 3.8) is 0 Å². The lowest BCUT2D eigenvalue weighted by molar-refractivity contribution is -0.385. The number of nitro benzene ring substituents is 1. The van der Waals surface area contributed by atoms with Crippen LogP contribution in [-0.2, 0) is 16.0 Å². The summed E-state index contributed by atoms with van der Waals surface area (Å²) in [5.41, 5.74) is 6.11. The normalized spacial score (nSPS) is 13.8. The highest BCUT2D eigenvalue weighted by atomic mass is 32.1. The Labute approximate surface area is 188 Å². The molecule has 32 heavy (non-hydrogen) atoms. The van der Waals surface area contributed by atoms with E-state index >= 15 is 0 Å². The zero-order valence-corrected chi connectivity index (χ0v) is 18.0. The van der Waals surface area contributed by atoms with Crippen molar-refractivity contribution in [1.82, 2.24) is 4.98 Å². The molecule has 1 N–H and O–H groups in total. The number of hydrazone groups is 1. The summed E-state index contributed by atoms with van der Waals surface area (Å²) in [4.78, 5) is 28.5. The van der Waals surface area contributed by atoms with E-state index in [1.165, 1.54) is 35.9 Å². The van der Waals surface area contributed by atoms with Gasteiger partial charge in [0.2, 0.25) is 11.0 Å². The van der Waals surface area contributed by atoms with Gasteiger partial charge in [0.05, 0.1) is 17.0 Å². The van der Waals surface area contributed by atoms with Gasteiger partial charge in [-0.3, -0.25) is 14.9 Å². The number of carbonyl (C=O) groups is 1. The van der Waals surface area contributed by atoms with Crippen molar-refractivity contribution in [1.29, 1.82) is 0 Å². The van der Waals surface area contributed by atoms with E-state index in [0.717, 1.165) is 24.3 Å². The highest BCUT2D eigenvalue weighted by Crippen LogP contribution is 2.28. The molecular formula is C22H21N5O4S. The first-order valence-corrected chi connectivity index (χ1v) is 11.0. The van der Waals surface area contributed by atoms with Crippen molar-refractivity contribution in [3.8, 4) is 11.3 Å². The van der Waals surface area contributed by atoms with Crippen LogP contribution in [0.3, 0.4) is 0 Å². The summed E-state index contributed by atoms with van der Waals surface area (Å²) in [7, 11) is 0. The van der Waals surface area contributed by atoms with Gasteiger partial charge in [0.1, 0.15) is 0 Å². The monoisotopic (exact) mass is 451 g/mol. The minimum absolute atomic E-state index is 0.000941. The molecule has 0 atom stereocenters. The molecule has 0 aliphatic carbocycles. The molecule has 0 saturated carbocycles. The van der Waals surface area contributed by atoms with Crippen LogP contribution in [0.15, 0.2) is 59.0 Å². The molecule has 0 spiro atoms. The summed E-state index contributed by atoms with van der Waals surface area (Å²) in [6, 6.07) is 14.5. The van der Waals surface area contributed by atoms with Crippen LogP contribution < -0.4 is 10.3 Å². The molecule has 0 unspecified atom stereocenters. The average molecular weight is 452 g/mol. The van der Waals surface area contributed by atoms with Crippen LogP contribution >= 0.6 is 11.3 Å². The Morgan fingerprint density at radius 3 is 2.69 bits per heavy atom. The number of hydrogen-bond donors (Lipinski definition) is 1. The quantitative estimate of drug-likeness (QED) is 0.177. The number of benzene rings is 2. The number of ether oxygens (including phenoxy) is 1. The Hall–Kier alpha value is -3.79. The maximum atomic E-state index is 11.2. The fourth-order valence-corrected chi connectivity index (χ4v) is 4.21. The molecule has 1 aliphatic rings. The van der Waals surface area contributed by atoms with Gasteiger partial charge in [0, 0.05) is 41.4 Å². The Morgan fingerprint density at radius 2 is 1.97 bits per heavy atom. The van der Waals surface area contributed by atoms with Gasteiger partial charge in [0.15, 0.2) is 0 Å². The molecule has 1 aromatic heterocycles. The third-order valence-electron chi connectivity index (χ3n) is 5.13. The first-order valence-electron chi connectivity index (χ1n) is 10.1. The molecule has 0 bridgehead atoms. The number of thiazole rings is 1. The van der Waals surface area contributed by atoms with Gasteiger partial charge in [-0.25, -0.2) is 10.4 Å². The van der Waals surface area contributed by atoms with E-state index in [-0.39, 0.29) is 24.5 Å². The number of aromatic nitrogens is 1. The van der Waals surface area contributed by atoms with Crippen molar-refractivity contribution >= 4 is 40.2 Å². The number of rotatable bonds is 8. The molecule has 164 valence electrons. The van der Waals surface area contributed by atoms with E-state index in [2.05, 4.69) is 32.5 Å². The first-order chi connectivity index (χ1) is 15.6. The van der Waals surface area contributed by atoms with Crippen LogP contribution in [0.4, 0.5) is 16.5 Å². The highest BCUT2D eigenvalue weighted by molar-refractivity contribution is 7.14. The van der Waals surface area contributed by atoms with Gasteiger partial charge in [-0.1, -0.05) is 30.3 Å². The highest BCUT2D eigenvalue weighted by Gasteiger charge is 2.16. The second kappa shape index (κ2) is 10.0. The molecule has 9 nitrogen and oxygen atoms in total. The molecule has 2 heterocycles. The van der Waals surface area contributed by atoms with Crippen molar-refractivity contribution in [2.24, 2.45) is 5.10 Å². The first kappa shape index (κ1) is 21.4. The van der Waals surface area contributed by atoms with Gasteiger partial charge in [0.25, 0.3) is 12.2 Å². The zero-order chi connectivity index (χ0) is 22.3. The standard InChI is InChI=1S/C22H21N5O4S/c28-15-31-21(13-17-5-1-2-6-20(17)27(29)30)24-25-22-23-19(14-32-22)16-7-9-18(10-8-16)26-11-3-4-12-26/h1-2,5-10,14-15H,3-4,11-13H2,(H,23,25)/b24-21+. The third kappa shape index (κ3) is 5.09. The van der Waals surface area contributed by atoms with E-state index < -0.39 is 4.92 Å². The molecule has 1 aliphatic heterocycles. The lowest BCUT2D eigenvalue weighted by atomic mass is 10.1. The van der Waals surface area contributed by atoms with Crippen LogP contribution in [-0.4, -0.2) is 35.4 Å². The summed E-state index contributed by atoms with van der Waals surface area (Å²) in [6.07, 6.45) is 2.45.